The lowest BCUT2D eigenvalue weighted by molar-refractivity contribution is 0.0927. The van der Waals surface area contributed by atoms with Gasteiger partial charge in [0.05, 0.1) is 42.5 Å². The summed E-state index contributed by atoms with van der Waals surface area (Å²) >= 11 is 0. The number of ether oxygens (including phenoxy) is 1. The molecule has 23 heavy (non-hydrogen) atoms. The normalized spacial score (nSPS) is 25.6. The van der Waals surface area contributed by atoms with Crippen molar-refractivity contribution in [3.8, 4) is 18.2 Å². The van der Waals surface area contributed by atoms with Gasteiger partial charge in [0.25, 0.3) is 0 Å². The molecule has 0 aromatic carbocycles. The summed E-state index contributed by atoms with van der Waals surface area (Å²) in [4.78, 5) is 0. The molecule has 0 bridgehead atoms. The maximum absolute atomic E-state index is 9.76. The van der Waals surface area contributed by atoms with Crippen LogP contribution in [0.5, 0.6) is 0 Å². The number of furan rings is 1. The molecule has 2 aliphatic rings. The summed E-state index contributed by atoms with van der Waals surface area (Å²) in [5.41, 5.74) is 5.40. The van der Waals surface area contributed by atoms with E-state index < -0.39 is 11.3 Å². The van der Waals surface area contributed by atoms with Gasteiger partial charge >= 0.3 is 0 Å². The van der Waals surface area contributed by atoms with E-state index in [0.717, 1.165) is 5.57 Å². The summed E-state index contributed by atoms with van der Waals surface area (Å²) in [5, 5.41) is 29.0. The molecule has 6 heteroatoms. The van der Waals surface area contributed by atoms with Crippen molar-refractivity contribution >= 4 is 0 Å². The van der Waals surface area contributed by atoms with Crippen LogP contribution >= 0.6 is 0 Å². The molecule has 1 aliphatic heterocycles. The summed E-state index contributed by atoms with van der Waals surface area (Å²) in [7, 11) is 0. The van der Waals surface area contributed by atoms with E-state index in [1.807, 2.05) is 12.1 Å². The molecule has 1 unspecified atom stereocenters. The quantitative estimate of drug-likeness (QED) is 0.847. The van der Waals surface area contributed by atoms with Crippen LogP contribution in [-0.2, 0) is 4.74 Å². The molecule has 0 fully saturated rings. The van der Waals surface area contributed by atoms with Gasteiger partial charge in [-0.15, -0.1) is 0 Å². The Morgan fingerprint density at radius 2 is 2.00 bits per heavy atom. The fourth-order valence-corrected chi connectivity index (χ4v) is 3.41. The van der Waals surface area contributed by atoms with Crippen molar-refractivity contribution in [2.75, 3.05) is 13.2 Å². The fraction of sp³-hybridized carbons (Fsp3) is 0.353. The highest BCUT2D eigenvalue weighted by Crippen LogP contribution is 2.54. The number of fused-ring (bicyclic) bond motifs is 1. The minimum absolute atomic E-state index is 0.00606. The van der Waals surface area contributed by atoms with Crippen molar-refractivity contribution in [1.82, 2.24) is 0 Å². The number of nitrogens with zero attached hydrogens (tertiary/aromatic N) is 3. The molecule has 0 saturated heterocycles. The molecule has 6 nitrogen and oxygen atoms in total. The number of aryl methyl sites for hydroxylation is 1. The highest BCUT2D eigenvalue weighted by Gasteiger charge is 2.55. The van der Waals surface area contributed by atoms with Crippen LogP contribution in [0.15, 0.2) is 39.5 Å². The number of nitrogens with two attached hydrogens (primary N) is 1. The van der Waals surface area contributed by atoms with Gasteiger partial charge in [0, 0.05) is 5.92 Å². The van der Waals surface area contributed by atoms with E-state index in [2.05, 4.69) is 6.07 Å². The van der Waals surface area contributed by atoms with Crippen LogP contribution in [0.25, 0.3) is 0 Å². The Labute approximate surface area is 133 Å². The standard InChI is InChI=1S/C17H14N4O2/c1-10-2-3-14(23-10)15-13-7-22-5-4-11(13)12(6-18)16(21)17(15,8-19)9-20/h2-4,13,15H,5,7,21H2,1H3/t13?,15-/m0/s1. The van der Waals surface area contributed by atoms with Gasteiger partial charge in [0.2, 0.25) is 0 Å². The number of hydrogen-bond acceptors (Lipinski definition) is 6. The first-order valence-electron chi connectivity index (χ1n) is 7.16. The van der Waals surface area contributed by atoms with Gasteiger partial charge < -0.3 is 14.9 Å². The van der Waals surface area contributed by atoms with Gasteiger partial charge in [0.1, 0.15) is 17.6 Å². The molecule has 2 atom stereocenters. The summed E-state index contributed by atoms with van der Waals surface area (Å²) < 4.78 is 11.2. The van der Waals surface area contributed by atoms with E-state index >= 15 is 0 Å². The number of rotatable bonds is 1. The van der Waals surface area contributed by atoms with Crippen LogP contribution in [0.4, 0.5) is 0 Å². The molecule has 2 N–H and O–H groups in total. The van der Waals surface area contributed by atoms with Gasteiger partial charge in [-0.2, -0.15) is 15.8 Å². The van der Waals surface area contributed by atoms with Crippen molar-refractivity contribution < 1.29 is 9.15 Å². The third kappa shape index (κ3) is 1.95. The van der Waals surface area contributed by atoms with E-state index in [-0.39, 0.29) is 17.2 Å². The topological polar surface area (TPSA) is 120 Å². The lowest BCUT2D eigenvalue weighted by Crippen LogP contribution is -2.44. The first-order valence-corrected chi connectivity index (χ1v) is 7.16. The van der Waals surface area contributed by atoms with Crippen LogP contribution < -0.4 is 5.73 Å². The van der Waals surface area contributed by atoms with Crippen molar-refractivity contribution in [2.45, 2.75) is 12.8 Å². The smallest absolute Gasteiger partial charge is 0.194 e. The molecule has 114 valence electrons. The first-order chi connectivity index (χ1) is 11.1. The van der Waals surface area contributed by atoms with Gasteiger partial charge in [-0.25, -0.2) is 0 Å². The Balaban J connectivity index is 2.33. The highest BCUT2D eigenvalue weighted by atomic mass is 16.5. The van der Waals surface area contributed by atoms with Crippen molar-refractivity contribution in [3.05, 3.63) is 46.6 Å². The summed E-state index contributed by atoms with van der Waals surface area (Å²) in [6, 6.07) is 9.65. The molecule has 3 rings (SSSR count). The van der Waals surface area contributed by atoms with Crippen LogP contribution in [0, 0.1) is 52.2 Å². The van der Waals surface area contributed by atoms with Crippen LogP contribution in [0.1, 0.15) is 17.4 Å². The minimum Gasteiger partial charge on any atom is -0.466 e. The molecular weight excluding hydrogens is 292 g/mol. The fourth-order valence-electron chi connectivity index (χ4n) is 3.41. The summed E-state index contributed by atoms with van der Waals surface area (Å²) in [6.07, 6.45) is 1.79. The molecule has 1 aromatic heterocycles. The molecule has 1 aromatic rings. The molecule has 2 heterocycles. The molecule has 0 saturated carbocycles. The molecule has 0 spiro atoms. The highest BCUT2D eigenvalue weighted by molar-refractivity contribution is 5.58. The van der Waals surface area contributed by atoms with Gasteiger partial charge in [0.15, 0.2) is 5.41 Å². The number of allylic oxidation sites excluding steroid dienone is 2. The second-order valence-electron chi connectivity index (χ2n) is 5.66. The average Bonchev–Trinajstić information content (AvgIpc) is 3.00. The Morgan fingerprint density at radius 3 is 2.57 bits per heavy atom. The zero-order chi connectivity index (χ0) is 16.6. The number of hydrogen-bond donors (Lipinski definition) is 1. The SMILES string of the molecule is Cc1ccc([C@@H]2C3COCC=C3C(C#N)=C(N)C2(C#N)C#N)o1. The molecule has 0 amide bonds. The molecular formula is C17H14N4O2. The monoisotopic (exact) mass is 306 g/mol. The summed E-state index contributed by atoms with van der Waals surface area (Å²) in [5.74, 6) is 0.248. The van der Waals surface area contributed by atoms with E-state index in [1.54, 1.807) is 25.1 Å². The minimum atomic E-state index is -1.65. The van der Waals surface area contributed by atoms with E-state index in [4.69, 9.17) is 14.9 Å². The largest absolute Gasteiger partial charge is 0.466 e. The van der Waals surface area contributed by atoms with Gasteiger partial charge in [-0.05, 0) is 24.6 Å². The maximum Gasteiger partial charge on any atom is 0.194 e. The summed E-state index contributed by atoms with van der Waals surface area (Å²) in [6.45, 7) is 2.47. The lowest BCUT2D eigenvalue weighted by atomic mass is 9.60. The second-order valence-corrected chi connectivity index (χ2v) is 5.66. The van der Waals surface area contributed by atoms with E-state index in [9.17, 15) is 15.8 Å². The van der Waals surface area contributed by atoms with Gasteiger partial charge in [-0.3, -0.25) is 0 Å². The zero-order valence-electron chi connectivity index (χ0n) is 12.5. The second kappa shape index (κ2) is 5.32. The van der Waals surface area contributed by atoms with Crippen molar-refractivity contribution in [2.24, 2.45) is 17.1 Å². The predicted octanol–water partition coefficient (Wildman–Crippen LogP) is 2.03. The zero-order valence-corrected chi connectivity index (χ0v) is 12.5. The third-order valence-corrected chi connectivity index (χ3v) is 4.50. The van der Waals surface area contributed by atoms with Crippen LogP contribution in [0.2, 0.25) is 0 Å². The first kappa shape index (κ1) is 14.9. The Hall–Kier alpha value is -3.01. The Kier molecular flexibility index (Phi) is 3.45. The Morgan fingerprint density at radius 1 is 1.26 bits per heavy atom. The predicted molar refractivity (Wildman–Crippen MR) is 79.1 cm³/mol. The lowest BCUT2D eigenvalue weighted by Gasteiger charge is -2.41. The molecule has 1 aliphatic carbocycles. The number of nitriles is 3. The van der Waals surface area contributed by atoms with E-state index in [0.29, 0.717) is 24.7 Å². The van der Waals surface area contributed by atoms with Crippen LogP contribution in [-0.4, -0.2) is 13.2 Å². The maximum atomic E-state index is 9.76. The Bertz CT molecular complexity index is 827. The third-order valence-electron chi connectivity index (χ3n) is 4.50. The van der Waals surface area contributed by atoms with Crippen molar-refractivity contribution in [3.63, 3.8) is 0 Å². The average molecular weight is 306 g/mol. The van der Waals surface area contributed by atoms with Crippen molar-refractivity contribution in [1.29, 1.82) is 15.8 Å². The molecule has 0 radical (unpaired) electrons. The van der Waals surface area contributed by atoms with Gasteiger partial charge in [-0.1, -0.05) is 6.08 Å². The van der Waals surface area contributed by atoms with E-state index in [1.165, 1.54) is 0 Å². The van der Waals surface area contributed by atoms with Crippen LogP contribution in [0.3, 0.4) is 0 Å².